The summed E-state index contributed by atoms with van der Waals surface area (Å²) in [6.07, 6.45) is 4.59. The van der Waals surface area contributed by atoms with Gasteiger partial charge in [-0.3, -0.25) is 4.99 Å². The van der Waals surface area contributed by atoms with Gasteiger partial charge < -0.3 is 10.6 Å². The van der Waals surface area contributed by atoms with Gasteiger partial charge in [0.1, 0.15) is 0 Å². The third-order valence-electron chi connectivity index (χ3n) is 2.35. The van der Waals surface area contributed by atoms with Crippen molar-refractivity contribution >= 4 is 69.0 Å². The summed E-state index contributed by atoms with van der Waals surface area (Å²) in [5.41, 5.74) is 0. The van der Waals surface area contributed by atoms with E-state index >= 15 is 0 Å². The Morgan fingerprint density at radius 2 is 2.16 bits per heavy atom. The van der Waals surface area contributed by atoms with Crippen LogP contribution in [0.3, 0.4) is 0 Å². The first-order valence-electron chi connectivity index (χ1n) is 5.94. The van der Waals surface area contributed by atoms with Gasteiger partial charge in [0.15, 0.2) is 5.96 Å². The van der Waals surface area contributed by atoms with Gasteiger partial charge in [-0.05, 0) is 52.9 Å². The van der Waals surface area contributed by atoms with Crippen LogP contribution in [0.4, 0.5) is 0 Å². The van der Waals surface area contributed by atoms with E-state index in [4.69, 9.17) is 0 Å². The number of hydrogen-bond donors (Lipinski definition) is 2. The number of hydrogen-bond acceptors (Lipinski definition) is 3. The maximum Gasteiger partial charge on any atom is 0.191 e. The van der Waals surface area contributed by atoms with Crippen molar-refractivity contribution in [1.29, 1.82) is 0 Å². The van der Waals surface area contributed by atoms with Crippen LogP contribution in [0.2, 0.25) is 0 Å². The highest BCUT2D eigenvalue weighted by molar-refractivity contribution is 14.0. The zero-order valence-electron chi connectivity index (χ0n) is 11.2. The number of guanidine groups is 1. The molecule has 19 heavy (non-hydrogen) atoms. The number of nitrogens with zero attached hydrogens (tertiary/aromatic N) is 1. The highest BCUT2D eigenvalue weighted by Gasteiger charge is 2.00. The molecule has 0 fully saturated rings. The van der Waals surface area contributed by atoms with Crippen molar-refractivity contribution in [3.8, 4) is 0 Å². The molecule has 2 N–H and O–H groups in total. The van der Waals surface area contributed by atoms with Gasteiger partial charge in [-0.25, -0.2) is 0 Å². The molecule has 0 saturated heterocycles. The van der Waals surface area contributed by atoms with E-state index < -0.39 is 0 Å². The van der Waals surface area contributed by atoms with E-state index in [-0.39, 0.29) is 24.0 Å². The molecule has 0 amide bonds. The first-order valence-corrected chi connectivity index (χ1v) is 8.94. The lowest BCUT2D eigenvalue weighted by Gasteiger charge is -2.10. The summed E-state index contributed by atoms with van der Waals surface area (Å²) in [6, 6.07) is 4.19. The molecule has 0 saturated carbocycles. The molecule has 110 valence electrons. The minimum atomic E-state index is 0. The van der Waals surface area contributed by atoms with E-state index in [1.165, 1.54) is 27.3 Å². The predicted octanol–water partition coefficient (Wildman–Crippen LogP) is 3.94. The normalized spacial score (nSPS) is 11.0. The molecule has 0 aliphatic heterocycles. The maximum atomic E-state index is 4.21. The minimum absolute atomic E-state index is 0. The van der Waals surface area contributed by atoms with Crippen LogP contribution in [0.25, 0.3) is 0 Å². The fourth-order valence-corrected chi connectivity index (χ4v) is 3.33. The molecule has 0 aliphatic rings. The molecule has 0 bridgehead atoms. The lowest BCUT2D eigenvalue weighted by molar-refractivity contribution is 0.734. The Labute approximate surface area is 149 Å². The average molecular weight is 478 g/mol. The molecule has 0 spiro atoms. The standard InChI is InChI=1S/C12H20BrN3S2.HI/c1-14-12(15-7-3-4-8-17-2)16-9-10-5-6-11(13)18-10;/h5-6H,3-4,7-9H2,1-2H3,(H2,14,15,16);1H. The Bertz CT molecular complexity index is 372. The Morgan fingerprint density at radius 3 is 2.74 bits per heavy atom. The summed E-state index contributed by atoms with van der Waals surface area (Å²) in [4.78, 5) is 5.51. The summed E-state index contributed by atoms with van der Waals surface area (Å²) in [6.45, 7) is 1.80. The number of thioether (sulfide) groups is 1. The van der Waals surface area contributed by atoms with Crippen LogP contribution in [0.5, 0.6) is 0 Å². The molecule has 1 rings (SSSR count). The molecule has 0 unspecified atom stereocenters. The maximum absolute atomic E-state index is 4.21. The molecule has 1 heterocycles. The topological polar surface area (TPSA) is 36.4 Å². The minimum Gasteiger partial charge on any atom is -0.356 e. The van der Waals surface area contributed by atoms with Gasteiger partial charge in [-0.15, -0.1) is 35.3 Å². The van der Waals surface area contributed by atoms with Gasteiger partial charge in [0.2, 0.25) is 0 Å². The van der Waals surface area contributed by atoms with Crippen LogP contribution in [0.1, 0.15) is 17.7 Å². The second-order valence-electron chi connectivity index (χ2n) is 3.76. The predicted molar refractivity (Wildman–Crippen MR) is 103 cm³/mol. The molecule has 0 aromatic carbocycles. The Hall–Kier alpha value is 0.530. The third-order valence-corrected chi connectivity index (χ3v) is 4.67. The first kappa shape index (κ1) is 19.5. The van der Waals surface area contributed by atoms with Gasteiger partial charge in [0.25, 0.3) is 0 Å². The van der Waals surface area contributed by atoms with Crippen molar-refractivity contribution in [2.75, 3.05) is 25.6 Å². The van der Waals surface area contributed by atoms with Gasteiger partial charge in [0, 0.05) is 18.5 Å². The third kappa shape index (κ3) is 9.14. The first-order chi connectivity index (χ1) is 8.76. The quantitative estimate of drug-likeness (QED) is 0.270. The van der Waals surface area contributed by atoms with Crippen molar-refractivity contribution in [1.82, 2.24) is 10.6 Å². The monoisotopic (exact) mass is 477 g/mol. The van der Waals surface area contributed by atoms with Crippen molar-refractivity contribution in [3.05, 3.63) is 20.8 Å². The number of halogens is 2. The van der Waals surface area contributed by atoms with Gasteiger partial charge in [-0.1, -0.05) is 0 Å². The second kappa shape index (κ2) is 12.3. The second-order valence-corrected chi connectivity index (χ2v) is 7.29. The summed E-state index contributed by atoms with van der Waals surface area (Å²) in [7, 11) is 1.81. The molecule has 0 atom stereocenters. The number of thiophene rings is 1. The van der Waals surface area contributed by atoms with Gasteiger partial charge >= 0.3 is 0 Å². The van der Waals surface area contributed by atoms with Crippen LogP contribution in [-0.4, -0.2) is 31.6 Å². The van der Waals surface area contributed by atoms with Crippen LogP contribution in [-0.2, 0) is 6.54 Å². The van der Waals surface area contributed by atoms with Crippen molar-refractivity contribution < 1.29 is 0 Å². The molecule has 0 aliphatic carbocycles. The van der Waals surface area contributed by atoms with E-state index in [2.05, 4.69) is 49.9 Å². The Kier molecular flexibility index (Phi) is 12.6. The molecule has 3 nitrogen and oxygen atoms in total. The van der Waals surface area contributed by atoms with E-state index in [0.717, 1.165) is 19.0 Å². The van der Waals surface area contributed by atoms with Crippen molar-refractivity contribution in [3.63, 3.8) is 0 Å². The number of unbranched alkanes of at least 4 members (excludes halogenated alkanes) is 1. The van der Waals surface area contributed by atoms with Crippen LogP contribution in [0, 0.1) is 0 Å². The Balaban J connectivity index is 0.00000324. The lowest BCUT2D eigenvalue weighted by atomic mass is 10.3. The summed E-state index contributed by atoms with van der Waals surface area (Å²) in [5.74, 6) is 2.11. The number of aliphatic imine (C=N–C) groups is 1. The number of rotatable bonds is 7. The van der Waals surface area contributed by atoms with E-state index in [1.807, 2.05) is 18.8 Å². The molecular weight excluding hydrogens is 457 g/mol. The van der Waals surface area contributed by atoms with Gasteiger partial charge in [-0.2, -0.15) is 11.8 Å². The zero-order valence-corrected chi connectivity index (χ0v) is 16.8. The highest BCUT2D eigenvalue weighted by atomic mass is 127. The van der Waals surface area contributed by atoms with Crippen LogP contribution < -0.4 is 10.6 Å². The SMILES string of the molecule is CN=C(NCCCCSC)NCc1ccc(Br)s1.I. The van der Waals surface area contributed by atoms with Gasteiger partial charge in [0.05, 0.1) is 10.3 Å². The van der Waals surface area contributed by atoms with Crippen molar-refractivity contribution in [2.45, 2.75) is 19.4 Å². The van der Waals surface area contributed by atoms with E-state index in [1.54, 1.807) is 11.3 Å². The summed E-state index contributed by atoms with van der Waals surface area (Å²) < 4.78 is 1.17. The van der Waals surface area contributed by atoms with E-state index in [0.29, 0.717) is 0 Å². The fraction of sp³-hybridized carbons (Fsp3) is 0.583. The average Bonchev–Trinajstić information content (AvgIpc) is 2.78. The molecule has 1 aromatic heterocycles. The highest BCUT2D eigenvalue weighted by Crippen LogP contribution is 2.21. The lowest BCUT2D eigenvalue weighted by Crippen LogP contribution is -2.37. The molecular formula is C12H21BrIN3S2. The summed E-state index contributed by atoms with van der Waals surface area (Å²) in [5, 5.41) is 6.64. The fourth-order valence-electron chi connectivity index (χ4n) is 1.42. The van der Waals surface area contributed by atoms with Crippen LogP contribution >= 0.6 is 63.0 Å². The smallest absolute Gasteiger partial charge is 0.191 e. The van der Waals surface area contributed by atoms with E-state index in [9.17, 15) is 0 Å². The van der Waals surface area contributed by atoms with Crippen LogP contribution in [0.15, 0.2) is 20.9 Å². The molecule has 0 radical (unpaired) electrons. The zero-order chi connectivity index (χ0) is 13.2. The number of nitrogens with one attached hydrogen (secondary N) is 2. The molecule has 1 aromatic rings. The summed E-state index contributed by atoms with van der Waals surface area (Å²) >= 11 is 7.11. The largest absolute Gasteiger partial charge is 0.356 e. The van der Waals surface area contributed by atoms with Crippen molar-refractivity contribution in [2.24, 2.45) is 4.99 Å². The Morgan fingerprint density at radius 1 is 1.37 bits per heavy atom. The molecule has 7 heteroatoms.